The van der Waals surface area contributed by atoms with E-state index in [1.807, 2.05) is 36.5 Å². The van der Waals surface area contributed by atoms with Gasteiger partial charge < -0.3 is 4.74 Å². The summed E-state index contributed by atoms with van der Waals surface area (Å²) >= 11 is 0. The van der Waals surface area contributed by atoms with Gasteiger partial charge in [0.1, 0.15) is 6.20 Å². The minimum absolute atomic E-state index is 0.0453. The van der Waals surface area contributed by atoms with Crippen molar-refractivity contribution in [3.8, 4) is 0 Å². The number of ether oxygens (including phenoxy) is 1. The molecular weight excluding hydrogens is 360 g/mol. The maximum Gasteiger partial charge on any atom is 0.340 e. The molecule has 0 N–H and O–H groups in total. The van der Waals surface area contributed by atoms with Crippen molar-refractivity contribution in [3.05, 3.63) is 87.5 Å². The zero-order valence-electron chi connectivity index (χ0n) is 15.2. The fourth-order valence-electron chi connectivity index (χ4n) is 2.57. The Kier molecular flexibility index (Phi) is 5.91. The normalized spacial score (nSPS) is 10.9. The molecule has 0 saturated heterocycles. The highest BCUT2D eigenvalue weighted by Gasteiger charge is 2.17. The van der Waals surface area contributed by atoms with Crippen molar-refractivity contribution in [2.45, 2.75) is 13.5 Å². The van der Waals surface area contributed by atoms with E-state index in [-0.39, 0.29) is 17.9 Å². The standard InChI is InChI=1S/C20H18N4O4/c1-2-28-20(25)18-10-17(24(26)27)12-21-19(18)9-8-16-11-22-23(14-16)13-15-6-4-3-5-7-15/h3-12,14H,2,13H2,1H3/b9-8-. The van der Waals surface area contributed by atoms with Gasteiger partial charge in [-0.3, -0.25) is 14.8 Å². The van der Waals surface area contributed by atoms with Gasteiger partial charge in [0.2, 0.25) is 0 Å². The SMILES string of the molecule is CCOC(=O)c1cc([N+](=O)[O-])cnc1/C=C\c1cnn(Cc2ccccc2)c1. The number of carbonyl (C=O) groups is 1. The predicted molar refractivity (Wildman–Crippen MR) is 104 cm³/mol. The Hall–Kier alpha value is -3.81. The molecule has 0 spiro atoms. The Morgan fingerprint density at radius 2 is 2.04 bits per heavy atom. The number of benzene rings is 1. The number of aromatic nitrogens is 3. The number of rotatable bonds is 7. The Morgan fingerprint density at radius 1 is 1.25 bits per heavy atom. The Balaban J connectivity index is 1.81. The van der Waals surface area contributed by atoms with E-state index in [9.17, 15) is 14.9 Å². The first-order valence-corrected chi connectivity index (χ1v) is 8.63. The first kappa shape index (κ1) is 19.0. The molecule has 1 aromatic carbocycles. The molecule has 0 aliphatic heterocycles. The quantitative estimate of drug-likeness (QED) is 0.354. The Morgan fingerprint density at radius 3 is 2.75 bits per heavy atom. The monoisotopic (exact) mass is 378 g/mol. The van der Waals surface area contributed by atoms with E-state index in [2.05, 4.69) is 10.1 Å². The maximum atomic E-state index is 12.1. The summed E-state index contributed by atoms with van der Waals surface area (Å²) in [5.74, 6) is -0.655. The van der Waals surface area contributed by atoms with Crippen LogP contribution in [0.15, 0.2) is 55.0 Å². The fraction of sp³-hybridized carbons (Fsp3) is 0.150. The third-order valence-corrected chi connectivity index (χ3v) is 3.88. The topological polar surface area (TPSA) is 100 Å². The first-order chi connectivity index (χ1) is 13.6. The summed E-state index contributed by atoms with van der Waals surface area (Å²) in [5, 5.41) is 15.3. The highest BCUT2D eigenvalue weighted by molar-refractivity contribution is 5.94. The molecule has 0 atom stereocenters. The molecule has 3 rings (SSSR count). The predicted octanol–water partition coefficient (Wildman–Crippen LogP) is 3.58. The van der Waals surface area contributed by atoms with Gasteiger partial charge in [-0.2, -0.15) is 5.10 Å². The lowest BCUT2D eigenvalue weighted by Crippen LogP contribution is -2.08. The molecule has 3 aromatic rings. The molecule has 0 amide bonds. The van der Waals surface area contributed by atoms with Crippen molar-refractivity contribution in [1.82, 2.24) is 14.8 Å². The van der Waals surface area contributed by atoms with Gasteiger partial charge in [-0.05, 0) is 24.6 Å². The van der Waals surface area contributed by atoms with Crippen LogP contribution in [0.3, 0.4) is 0 Å². The molecule has 2 aromatic heterocycles. The number of hydrogen-bond acceptors (Lipinski definition) is 6. The van der Waals surface area contributed by atoms with Crippen molar-refractivity contribution in [2.75, 3.05) is 6.61 Å². The lowest BCUT2D eigenvalue weighted by atomic mass is 10.1. The van der Waals surface area contributed by atoms with Gasteiger partial charge in [-0.25, -0.2) is 9.78 Å². The minimum Gasteiger partial charge on any atom is -0.462 e. The molecule has 0 fully saturated rings. The van der Waals surface area contributed by atoms with Crippen LogP contribution in [0.25, 0.3) is 12.2 Å². The summed E-state index contributed by atoms with van der Waals surface area (Å²) in [4.78, 5) is 26.5. The van der Waals surface area contributed by atoms with E-state index in [1.54, 1.807) is 30.0 Å². The van der Waals surface area contributed by atoms with Crippen molar-refractivity contribution in [3.63, 3.8) is 0 Å². The number of esters is 1. The highest BCUT2D eigenvalue weighted by Crippen LogP contribution is 2.18. The van der Waals surface area contributed by atoms with E-state index < -0.39 is 10.9 Å². The molecule has 142 valence electrons. The molecule has 2 heterocycles. The average molecular weight is 378 g/mol. The van der Waals surface area contributed by atoms with Crippen LogP contribution >= 0.6 is 0 Å². The van der Waals surface area contributed by atoms with E-state index in [0.717, 1.165) is 17.3 Å². The lowest BCUT2D eigenvalue weighted by molar-refractivity contribution is -0.385. The summed E-state index contributed by atoms with van der Waals surface area (Å²) in [6.45, 7) is 2.47. The molecule has 28 heavy (non-hydrogen) atoms. The van der Waals surface area contributed by atoms with Crippen molar-refractivity contribution >= 4 is 23.8 Å². The molecule has 8 heteroatoms. The van der Waals surface area contributed by atoms with Crippen LogP contribution in [0.4, 0.5) is 5.69 Å². The third kappa shape index (κ3) is 4.67. The Bertz CT molecular complexity index is 1010. The van der Waals surface area contributed by atoms with E-state index in [4.69, 9.17) is 4.74 Å². The maximum absolute atomic E-state index is 12.1. The fourth-order valence-corrected chi connectivity index (χ4v) is 2.57. The van der Waals surface area contributed by atoms with Crippen LogP contribution in [-0.4, -0.2) is 32.3 Å². The third-order valence-electron chi connectivity index (χ3n) is 3.88. The molecule has 8 nitrogen and oxygen atoms in total. The van der Waals surface area contributed by atoms with Crippen LogP contribution in [0.1, 0.15) is 34.1 Å². The first-order valence-electron chi connectivity index (χ1n) is 8.63. The van der Waals surface area contributed by atoms with Gasteiger partial charge >= 0.3 is 5.97 Å². The number of hydrogen-bond donors (Lipinski definition) is 0. The van der Waals surface area contributed by atoms with Gasteiger partial charge in [0.05, 0.1) is 35.5 Å². The zero-order chi connectivity index (χ0) is 19.9. The van der Waals surface area contributed by atoms with Gasteiger partial charge in [0.25, 0.3) is 5.69 Å². The van der Waals surface area contributed by atoms with E-state index in [0.29, 0.717) is 12.2 Å². The number of pyridine rings is 1. The number of nitro groups is 1. The summed E-state index contributed by atoms with van der Waals surface area (Å²) in [6.07, 6.45) is 8.01. The van der Waals surface area contributed by atoms with Crippen LogP contribution in [-0.2, 0) is 11.3 Å². The molecule has 0 aliphatic rings. The van der Waals surface area contributed by atoms with Gasteiger partial charge in [-0.15, -0.1) is 0 Å². The van der Waals surface area contributed by atoms with Gasteiger partial charge in [0.15, 0.2) is 0 Å². The second kappa shape index (κ2) is 8.72. The number of carbonyl (C=O) groups excluding carboxylic acids is 1. The van der Waals surface area contributed by atoms with E-state index in [1.165, 1.54) is 6.07 Å². The van der Waals surface area contributed by atoms with Crippen molar-refractivity contribution in [2.24, 2.45) is 0 Å². The Labute approximate surface area is 161 Å². The summed E-state index contributed by atoms with van der Waals surface area (Å²) in [5.41, 5.74) is 2.01. The summed E-state index contributed by atoms with van der Waals surface area (Å²) in [6, 6.07) is 11.1. The molecular formula is C20H18N4O4. The van der Waals surface area contributed by atoms with E-state index >= 15 is 0 Å². The molecule has 0 aliphatic carbocycles. The molecule has 0 radical (unpaired) electrons. The van der Waals surface area contributed by atoms with Crippen LogP contribution in [0, 0.1) is 10.1 Å². The second-order valence-corrected chi connectivity index (χ2v) is 5.89. The average Bonchev–Trinajstić information content (AvgIpc) is 3.14. The van der Waals surface area contributed by atoms with Crippen molar-refractivity contribution < 1.29 is 14.5 Å². The number of nitrogens with zero attached hydrogens (tertiary/aromatic N) is 4. The highest BCUT2D eigenvalue weighted by atomic mass is 16.6. The molecule has 0 saturated carbocycles. The summed E-state index contributed by atoms with van der Waals surface area (Å²) < 4.78 is 6.77. The van der Waals surface area contributed by atoms with Crippen LogP contribution in [0.5, 0.6) is 0 Å². The van der Waals surface area contributed by atoms with Gasteiger partial charge in [0, 0.05) is 17.8 Å². The largest absolute Gasteiger partial charge is 0.462 e. The van der Waals surface area contributed by atoms with Crippen LogP contribution < -0.4 is 0 Å². The molecule has 0 bridgehead atoms. The van der Waals surface area contributed by atoms with Crippen molar-refractivity contribution in [1.29, 1.82) is 0 Å². The second-order valence-electron chi connectivity index (χ2n) is 5.89. The molecule has 0 unspecified atom stereocenters. The minimum atomic E-state index is -0.655. The van der Waals surface area contributed by atoms with Crippen LogP contribution in [0.2, 0.25) is 0 Å². The smallest absolute Gasteiger partial charge is 0.340 e. The summed E-state index contributed by atoms with van der Waals surface area (Å²) in [7, 11) is 0. The zero-order valence-corrected chi connectivity index (χ0v) is 15.2. The lowest BCUT2D eigenvalue weighted by Gasteiger charge is -2.04. The van der Waals surface area contributed by atoms with Gasteiger partial charge in [-0.1, -0.05) is 30.3 Å².